The fourth-order valence-electron chi connectivity index (χ4n) is 4.31. The second-order valence-corrected chi connectivity index (χ2v) is 7.16. The third-order valence-corrected chi connectivity index (χ3v) is 5.59. The highest BCUT2D eigenvalue weighted by atomic mass is 16.5. The summed E-state index contributed by atoms with van der Waals surface area (Å²) in [5, 5.41) is 7.58. The summed E-state index contributed by atoms with van der Waals surface area (Å²) < 4.78 is 12.2. The zero-order valence-corrected chi connectivity index (χ0v) is 14.0. The molecule has 0 spiro atoms. The molecule has 0 radical (unpaired) electrons. The van der Waals surface area contributed by atoms with Gasteiger partial charge in [0, 0.05) is 13.2 Å². The summed E-state index contributed by atoms with van der Waals surface area (Å²) in [5.74, 6) is 0.693. The molecule has 4 rings (SSSR count). The molecule has 1 saturated carbocycles. The molecule has 24 heavy (non-hydrogen) atoms. The molecule has 0 unspecified atom stereocenters. The molecule has 1 aliphatic carbocycles. The Hall–Kier alpha value is -1.53. The zero-order chi connectivity index (χ0) is 16.4. The number of amides is 1. The fraction of sp³-hybridized carbons (Fsp3) is 0.722. The number of hydrogen-bond acceptors (Lipinski definition) is 5. The average molecular weight is 331 g/mol. The minimum Gasteiger partial charge on any atom is -0.373 e. The van der Waals surface area contributed by atoms with Crippen molar-refractivity contribution in [1.82, 2.24) is 15.1 Å². The van der Waals surface area contributed by atoms with Crippen molar-refractivity contribution in [3.63, 3.8) is 0 Å². The Morgan fingerprint density at radius 2 is 2.12 bits per heavy atom. The number of ether oxygens (including phenoxy) is 2. The van der Waals surface area contributed by atoms with Gasteiger partial charge in [-0.1, -0.05) is 12.8 Å². The van der Waals surface area contributed by atoms with Crippen molar-refractivity contribution in [3.05, 3.63) is 24.0 Å². The lowest BCUT2D eigenvalue weighted by Crippen LogP contribution is -2.44. The zero-order valence-electron chi connectivity index (χ0n) is 14.0. The molecule has 1 amide bonds. The van der Waals surface area contributed by atoms with Crippen LogP contribution in [0, 0.1) is 5.92 Å². The molecule has 2 aliphatic heterocycles. The highest BCUT2D eigenvalue weighted by Crippen LogP contribution is 2.33. The van der Waals surface area contributed by atoms with E-state index in [2.05, 4.69) is 10.2 Å². The molecular weight excluding hydrogens is 306 g/mol. The van der Waals surface area contributed by atoms with E-state index >= 15 is 0 Å². The van der Waals surface area contributed by atoms with E-state index in [-0.39, 0.29) is 24.2 Å². The van der Waals surface area contributed by atoms with Crippen molar-refractivity contribution in [2.75, 3.05) is 19.8 Å². The van der Waals surface area contributed by atoms with Crippen LogP contribution in [0.3, 0.4) is 0 Å². The Balaban J connectivity index is 1.45. The number of fused-ring (bicyclic) bond motifs is 1. The summed E-state index contributed by atoms with van der Waals surface area (Å²) in [6, 6.07) is 1.84. The molecular formula is C18H25N3O3. The molecule has 130 valence electrons. The van der Waals surface area contributed by atoms with E-state index in [1.54, 1.807) is 12.3 Å². The van der Waals surface area contributed by atoms with Crippen LogP contribution in [0.25, 0.3) is 0 Å². The molecule has 0 bridgehead atoms. The van der Waals surface area contributed by atoms with Crippen LogP contribution in [-0.2, 0) is 9.47 Å². The van der Waals surface area contributed by atoms with Crippen LogP contribution in [0.2, 0.25) is 0 Å². The van der Waals surface area contributed by atoms with E-state index in [0.29, 0.717) is 18.0 Å². The number of carbonyl (C=O) groups is 1. The van der Waals surface area contributed by atoms with Crippen molar-refractivity contribution in [3.8, 4) is 0 Å². The maximum Gasteiger partial charge on any atom is 0.255 e. The normalized spacial score (nSPS) is 30.5. The Labute approximate surface area is 142 Å². The first-order valence-corrected chi connectivity index (χ1v) is 9.14. The highest BCUT2D eigenvalue weighted by Gasteiger charge is 2.47. The summed E-state index contributed by atoms with van der Waals surface area (Å²) in [4.78, 5) is 14.8. The smallest absolute Gasteiger partial charge is 0.255 e. The monoisotopic (exact) mass is 331 g/mol. The molecule has 6 heteroatoms. The van der Waals surface area contributed by atoms with Gasteiger partial charge in [-0.3, -0.25) is 4.79 Å². The van der Waals surface area contributed by atoms with Gasteiger partial charge in [-0.15, -0.1) is 0 Å². The quantitative estimate of drug-likeness (QED) is 0.845. The average Bonchev–Trinajstić information content (AvgIpc) is 3.28. The van der Waals surface area contributed by atoms with Crippen molar-refractivity contribution < 1.29 is 14.3 Å². The molecule has 3 fully saturated rings. The number of hydrogen-bond donors (Lipinski definition) is 0. The first-order chi connectivity index (χ1) is 11.8. The first-order valence-electron chi connectivity index (χ1n) is 9.14. The van der Waals surface area contributed by atoms with Gasteiger partial charge in [0.1, 0.15) is 12.2 Å². The summed E-state index contributed by atoms with van der Waals surface area (Å²) in [7, 11) is 0. The lowest BCUT2D eigenvalue weighted by atomic mass is 10.0. The number of carbonyl (C=O) groups excluding carboxylic acids is 1. The molecule has 1 aromatic heterocycles. The van der Waals surface area contributed by atoms with Crippen LogP contribution in [0.5, 0.6) is 0 Å². The van der Waals surface area contributed by atoms with Gasteiger partial charge in [0.05, 0.1) is 30.5 Å². The second kappa shape index (κ2) is 7.15. The Morgan fingerprint density at radius 1 is 1.25 bits per heavy atom. The van der Waals surface area contributed by atoms with E-state index in [1.807, 2.05) is 4.90 Å². The Morgan fingerprint density at radius 3 is 2.92 bits per heavy atom. The maximum atomic E-state index is 12.9. The number of likely N-dealkylation sites (tertiary alicyclic amines) is 1. The van der Waals surface area contributed by atoms with Crippen molar-refractivity contribution >= 4 is 5.91 Å². The first kappa shape index (κ1) is 16.0. The van der Waals surface area contributed by atoms with Crippen LogP contribution in [0.4, 0.5) is 0 Å². The standard InChI is InChI=1S/C18H25N3O3/c22-18(14-7-8-19-20-10-14)21-11-16(17-15(21)6-3-9-23-17)24-12-13-4-1-2-5-13/h7-8,10,13,15-17H,1-6,9,11-12H2/t15-,16+,17+/m1/s1. The lowest BCUT2D eigenvalue weighted by Gasteiger charge is -2.32. The molecule has 1 aromatic rings. The minimum absolute atomic E-state index is 0.00496. The van der Waals surface area contributed by atoms with E-state index in [1.165, 1.54) is 31.9 Å². The highest BCUT2D eigenvalue weighted by molar-refractivity contribution is 5.94. The van der Waals surface area contributed by atoms with Crippen LogP contribution >= 0.6 is 0 Å². The number of aromatic nitrogens is 2. The SMILES string of the molecule is O=C(c1ccnnc1)N1C[C@H](OCC2CCCC2)[C@H]2OCCC[C@H]21. The number of nitrogens with zero attached hydrogens (tertiary/aromatic N) is 3. The number of rotatable bonds is 4. The predicted octanol–water partition coefficient (Wildman–Crippen LogP) is 2.06. The van der Waals surface area contributed by atoms with E-state index in [0.717, 1.165) is 26.1 Å². The topological polar surface area (TPSA) is 64.6 Å². The third kappa shape index (κ3) is 3.17. The third-order valence-electron chi connectivity index (χ3n) is 5.59. The van der Waals surface area contributed by atoms with Gasteiger partial charge in [-0.2, -0.15) is 10.2 Å². The Bertz CT molecular complexity index is 562. The predicted molar refractivity (Wildman–Crippen MR) is 87.5 cm³/mol. The van der Waals surface area contributed by atoms with Crippen molar-refractivity contribution in [2.24, 2.45) is 5.92 Å². The van der Waals surface area contributed by atoms with Gasteiger partial charge in [-0.25, -0.2) is 0 Å². The molecule has 0 N–H and O–H groups in total. The molecule has 3 atom stereocenters. The lowest BCUT2D eigenvalue weighted by molar-refractivity contribution is -0.0821. The molecule has 6 nitrogen and oxygen atoms in total. The maximum absolute atomic E-state index is 12.9. The van der Waals surface area contributed by atoms with Gasteiger partial charge in [-0.05, 0) is 37.7 Å². The van der Waals surface area contributed by atoms with Gasteiger partial charge < -0.3 is 14.4 Å². The second-order valence-electron chi connectivity index (χ2n) is 7.16. The molecule has 0 aromatic carbocycles. The summed E-state index contributed by atoms with van der Waals surface area (Å²) in [6.07, 6.45) is 10.3. The molecule has 3 heterocycles. The van der Waals surface area contributed by atoms with Gasteiger partial charge in [0.15, 0.2) is 0 Å². The van der Waals surface area contributed by atoms with Gasteiger partial charge in [0.2, 0.25) is 0 Å². The minimum atomic E-state index is -0.00496. The van der Waals surface area contributed by atoms with Crippen molar-refractivity contribution in [2.45, 2.75) is 56.8 Å². The summed E-state index contributed by atoms with van der Waals surface area (Å²) in [6.45, 7) is 2.18. The van der Waals surface area contributed by atoms with E-state index < -0.39 is 0 Å². The van der Waals surface area contributed by atoms with Crippen LogP contribution in [0.1, 0.15) is 48.9 Å². The van der Waals surface area contributed by atoms with Gasteiger partial charge >= 0.3 is 0 Å². The van der Waals surface area contributed by atoms with E-state index in [9.17, 15) is 4.79 Å². The van der Waals surface area contributed by atoms with Crippen LogP contribution in [-0.4, -0.2) is 59.0 Å². The largest absolute Gasteiger partial charge is 0.373 e. The molecule has 2 saturated heterocycles. The van der Waals surface area contributed by atoms with Gasteiger partial charge in [0.25, 0.3) is 5.91 Å². The van der Waals surface area contributed by atoms with Crippen LogP contribution in [0.15, 0.2) is 18.5 Å². The van der Waals surface area contributed by atoms with E-state index in [4.69, 9.17) is 9.47 Å². The van der Waals surface area contributed by atoms with Crippen molar-refractivity contribution in [1.29, 1.82) is 0 Å². The van der Waals surface area contributed by atoms with Crippen LogP contribution < -0.4 is 0 Å². The fourth-order valence-corrected chi connectivity index (χ4v) is 4.31. The Kier molecular flexibility index (Phi) is 4.76. The summed E-state index contributed by atoms with van der Waals surface area (Å²) in [5.41, 5.74) is 0.589. The molecule has 3 aliphatic rings. The summed E-state index contributed by atoms with van der Waals surface area (Å²) >= 11 is 0.